The maximum Gasteiger partial charge on any atom is 0.0923 e. The van der Waals surface area contributed by atoms with E-state index in [-0.39, 0.29) is 23.2 Å². The Morgan fingerprint density at radius 1 is 1.15 bits per heavy atom. The standard InChI is InChI=1S/C21H32N2O4/c1-11(22)12-5-7-21(26)14-8-16(23-27)15-9-17(24)18(25)10-19(15,2)13(14)4-6-20(12,21)3/h8,12-13,15,17-18,22,24-27H,4-7,9-10H2,1-3H3/b22-11?,23-16+/t12-,13?,15+,17-,18+,19-,20-,21-/m1/s1. The number of nitrogens with one attached hydrogen (secondary N) is 1. The predicted molar refractivity (Wildman–Crippen MR) is 102 cm³/mol. The van der Waals surface area contributed by atoms with Crippen molar-refractivity contribution in [2.75, 3.05) is 0 Å². The van der Waals surface area contributed by atoms with E-state index in [2.05, 4.69) is 19.0 Å². The molecule has 0 bridgehead atoms. The average molecular weight is 376 g/mol. The molecule has 6 heteroatoms. The minimum absolute atomic E-state index is 0.0585. The lowest BCUT2D eigenvalue weighted by Gasteiger charge is -2.60. The largest absolute Gasteiger partial charge is 0.411 e. The Labute approximate surface area is 160 Å². The molecule has 0 amide bonds. The van der Waals surface area contributed by atoms with E-state index >= 15 is 0 Å². The molecule has 0 aromatic heterocycles. The number of aliphatic hydroxyl groups is 3. The van der Waals surface area contributed by atoms with Gasteiger partial charge in [-0.15, -0.1) is 0 Å². The van der Waals surface area contributed by atoms with Crippen LogP contribution in [-0.4, -0.2) is 49.8 Å². The van der Waals surface area contributed by atoms with Crippen LogP contribution in [0.5, 0.6) is 0 Å². The number of fused-ring (bicyclic) bond motifs is 5. The van der Waals surface area contributed by atoms with Gasteiger partial charge in [-0.25, -0.2) is 0 Å². The summed E-state index contributed by atoms with van der Waals surface area (Å²) in [5.74, 6) is 0.00505. The number of allylic oxidation sites excluding steroid dienone is 1. The van der Waals surface area contributed by atoms with Crippen molar-refractivity contribution in [3.8, 4) is 0 Å². The fraction of sp³-hybridized carbons (Fsp3) is 0.810. The minimum atomic E-state index is -1.02. The number of aliphatic hydroxyl groups excluding tert-OH is 2. The summed E-state index contributed by atoms with van der Waals surface area (Å²) in [7, 11) is 0. The van der Waals surface area contributed by atoms with Gasteiger partial charge in [0.05, 0.1) is 23.5 Å². The van der Waals surface area contributed by atoms with Gasteiger partial charge in [-0.1, -0.05) is 19.0 Å². The van der Waals surface area contributed by atoms with Crippen LogP contribution >= 0.6 is 0 Å². The highest BCUT2D eigenvalue weighted by Crippen LogP contribution is 2.67. The van der Waals surface area contributed by atoms with Crippen LogP contribution in [-0.2, 0) is 0 Å². The molecule has 8 atom stereocenters. The lowest BCUT2D eigenvalue weighted by atomic mass is 9.46. The normalized spacial score (nSPS) is 53.3. The van der Waals surface area contributed by atoms with Crippen LogP contribution in [0.15, 0.2) is 16.8 Å². The van der Waals surface area contributed by atoms with Gasteiger partial charge in [0.15, 0.2) is 0 Å². The van der Waals surface area contributed by atoms with E-state index in [0.717, 1.165) is 24.8 Å². The molecule has 0 aromatic rings. The molecule has 150 valence electrons. The van der Waals surface area contributed by atoms with Crippen molar-refractivity contribution in [2.45, 2.75) is 77.1 Å². The van der Waals surface area contributed by atoms with Crippen LogP contribution in [0.25, 0.3) is 0 Å². The predicted octanol–water partition coefficient (Wildman–Crippen LogP) is 2.49. The highest BCUT2D eigenvalue weighted by molar-refractivity contribution is 5.99. The van der Waals surface area contributed by atoms with Gasteiger partial charge in [-0.3, -0.25) is 0 Å². The molecule has 5 N–H and O–H groups in total. The van der Waals surface area contributed by atoms with Crippen LogP contribution in [0.3, 0.4) is 0 Å². The monoisotopic (exact) mass is 376 g/mol. The maximum atomic E-state index is 11.9. The lowest BCUT2D eigenvalue weighted by molar-refractivity contribution is -0.115. The molecule has 4 aliphatic carbocycles. The Morgan fingerprint density at radius 2 is 1.85 bits per heavy atom. The van der Waals surface area contributed by atoms with Gasteiger partial charge in [0.25, 0.3) is 0 Å². The Morgan fingerprint density at radius 3 is 2.48 bits per heavy atom. The molecule has 4 rings (SSSR count). The van der Waals surface area contributed by atoms with Gasteiger partial charge in [0, 0.05) is 23.0 Å². The molecule has 0 radical (unpaired) electrons. The summed E-state index contributed by atoms with van der Waals surface area (Å²) in [5, 5.41) is 53.9. The van der Waals surface area contributed by atoms with Crippen molar-refractivity contribution >= 4 is 11.4 Å². The van der Waals surface area contributed by atoms with Gasteiger partial charge in [-0.05, 0) is 68.4 Å². The molecule has 6 nitrogen and oxygen atoms in total. The van der Waals surface area contributed by atoms with Gasteiger partial charge in [0.2, 0.25) is 0 Å². The van der Waals surface area contributed by atoms with Crippen molar-refractivity contribution < 1.29 is 20.5 Å². The van der Waals surface area contributed by atoms with Crippen molar-refractivity contribution in [3.05, 3.63) is 11.6 Å². The fourth-order valence-corrected chi connectivity index (χ4v) is 7.19. The average Bonchev–Trinajstić information content (AvgIpc) is 2.88. The summed E-state index contributed by atoms with van der Waals surface area (Å²) >= 11 is 0. The first-order chi connectivity index (χ1) is 12.6. The molecule has 0 heterocycles. The van der Waals surface area contributed by atoms with E-state index in [9.17, 15) is 20.5 Å². The SMILES string of the molecule is CC(=N)[C@H]1CC[C@@]2(O)C3=C/C(=N\O)[C@@H]4C[C@@H](O)[C@@H](O)C[C@]4(C)C3CC[C@]12C. The lowest BCUT2D eigenvalue weighted by Crippen LogP contribution is -2.60. The van der Waals surface area contributed by atoms with Crippen LogP contribution in [0.1, 0.15) is 59.3 Å². The number of oxime groups is 1. The molecule has 4 aliphatic rings. The molecule has 0 saturated heterocycles. The summed E-state index contributed by atoms with van der Waals surface area (Å²) in [6.07, 6.45) is 4.16. The number of hydrogen-bond acceptors (Lipinski definition) is 6. The van der Waals surface area contributed by atoms with E-state index in [1.54, 1.807) is 0 Å². The van der Waals surface area contributed by atoms with Crippen LogP contribution in [0.2, 0.25) is 0 Å². The van der Waals surface area contributed by atoms with Crippen molar-refractivity contribution in [1.29, 1.82) is 5.41 Å². The molecule has 3 fully saturated rings. The molecule has 1 unspecified atom stereocenters. The van der Waals surface area contributed by atoms with Crippen molar-refractivity contribution in [3.63, 3.8) is 0 Å². The summed E-state index contributed by atoms with van der Waals surface area (Å²) in [6, 6.07) is 0. The van der Waals surface area contributed by atoms with Crippen LogP contribution < -0.4 is 0 Å². The summed E-state index contributed by atoms with van der Waals surface area (Å²) < 4.78 is 0. The summed E-state index contributed by atoms with van der Waals surface area (Å²) in [4.78, 5) is 0. The van der Waals surface area contributed by atoms with E-state index < -0.39 is 23.2 Å². The van der Waals surface area contributed by atoms with Gasteiger partial charge in [-0.2, -0.15) is 0 Å². The summed E-state index contributed by atoms with van der Waals surface area (Å²) in [5.41, 5.74) is 0.266. The first-order valence-corrected chi connectivity index (χ1v) is 10.2. The number of nitrogens with zero attached hydrogens (tertiary/aromatic N) is 1. The van der Waals surface area contributed by atoms with E-state index in [0.29, 0.717) is 30.7 Å². The first kappa shape index (κ1) is 19.1. The molecule has 27 heavy (non-hydrogen) atoms. The van der Waals surface area contributed by atoms with Gasteiger partial charge < -0.3 is 25.9 Å². The first-order valence-electron chi connectivity index (χ1n) is 10.2. The van der Waals surface area contributed by atoms with Crippen molar-refractivity contribution in [2.24, 2.45) is 33.7 Å². The zero-order valence-corrected chi connectivity index (χ0v) is 16.4. The third-order valence-corrected chi connectivity index (χ3v) is 8.78. The van der Waals surface area contributed by atoms with Gasteiger partial charge in [0.1, 0.15) is 0 Å². The zero-order chi connectivity index (χ0) is 19.8. The third kappa shape index (κ3) is 2.29. The quantitative estimate of drug-likeness (QED) is 0.274. The molecule has 3 saturated carbocycles. The second-order valence-corrected chi connectivity index (χ2v) is 9.90. The van der Waals surface area contributed by atoms with Crippen LogP contribution in [0, 0.1) is 34.0 Å². The highest BCUT2D eigenvalue weighted by Gasteiger charge is 2.66. The topological polar surface area (TPSA) is 117 Å². The highest BCUT2D eigenvalue weighted by atomic mass is 16.4. The minimum Gasteiger partial charge on any atom is -0.411 e. The number of rotatable bonds is 1. The van der Waals surface area contributed by atoms with Crippen molar-refractivity contribution in [1.82, 2.24) is 0 Å². The van der Waals surface area contributed by atoms with Gasteiger partial charge >= 0.3 is 0 Å². The Hall–Kier alpha value is -1.24. The zero-order valence-electron chi connectivity index (χ0n) is 16.4. The molecular formula is C21H32N2O4. The fourth-order valence-electron chi connectivity index (χ4n) is 7.19. The molecular weight excluding hydrogens is 344 g/mol. The Kier molecular flexibility index (Phi) is 4.16. The second-order valence-electron chi connectivity index (χ2n) is 9.90. The van der Waals surface area contributed by atoms with E-state index in [1.807, 2.05) is 13.0 Å². The second kappa shape index (κ2) is 5.88. The Bertz CT molecular complexity index is 734. The molecule has 0 aliphatic heterocycles. The molecule has 0 spiro atoms. The van der Waals surface area contributed by atoms with Crippen LogP contribution in [0.4, 0.5) is 0 Å². The Balaban J connectivity index is 1.84. The number of hydrogen-bond donors (Lipinski definition) is 5. The van der Waals surface area contributed by atoms with E-state index in [1.165, 1.54) is 0 Å². The third-order valence-electron chi connectivity index (χ3n) is 8.78. The maximum absolute atomic E-state index is 11.9. The smallest absolute Gasteiger partial charge is 0.0923 e. The molecule has 0 aromatic carbocycles. The van der Waals surface area contributed by atoms with E-state index in [4.69, 9.17) is 5.41 Å². The summed E-state index contributed by atoms with van der Waals surface area (Å²) in [6.45, 7) is 6.04.